The minimum absolute atomic E-state index is 0.282. The molecule has 0 aliphatic heterocycles. The summed E-state index contributed by atoms with van der Waals surface area (Å²) in [5.74, 6) is -0.270. The quantitative estimate of drug-likeness (QED) is 0.784. The highest BCUT2D eigenvalue weighted by atomic mass is 16.4. The summed E-state index contributed by atoms with van der Waals surface area (Å²) in [6.07, 6.45) is 6.97. The number of carboxylic acids is 1. The second-order valence-corrected chi connectivity index (χ2v) is 4.62. The van der Waals surface area contributed by atoms with Crippen molar-refractivity contribution < 1.29 is 9.90 Å². The third-order valence-electron chi connectivity index (χ3n) is 3.09. The van der Waals surface area contributed by atoms with Gasteiger partial charge in [0.1, 0.15) is 5.82 Å². The van der Waals surface area contributed by atoms with Gasteiger partial charge in [0.05, 0.1) is 5.56 Å². The molecule has 0 amide bonds. The smallest absolute Gasteiger partial charge is 0.335 e. The molecule has 0 saturated heterocycles. The van der Waals surface area contributed by atoms with Gasteiger partial charge in [0.2, 0.25) is 0 Å². The van der Waals surface area contributed by atoms with Gasteiger partial charge in [-0.25, -0.2) is 9.78 Å². The predicted octanol–water partition coefficient (Wildman–Crippen LogP) is 3.00. The Morgan fingerprint density at radius 1 is 1.50 bits per heavy atom. The molecule has 1 aromatic heterocycles. The highest BCUT2D eigenvalue weighted by molar-refractivity contribution is 5.88. The van der Waals surface area contributed by atoms with Crippen LogP contribution >= 0.6 is 0 Å². The van der Waals surface area contributed by atoms with Gasteiger partial charge in [-0.15, -0.1) is 0 Å². The Morgan fingerprint density at radius 3 is 3.00 bits per heavy atom. The van der Waals surface area contributed by atoms with Crippen LogP contribution in [0.25, 0.3) is 0 Å². The van der Waals surface area contributed by atoms with Crippen LogP contribution in [0.1, 0.15) is 41.7 Å². The summed E-state index contributed by atoms with van der Waals surface area (Å²) >= 11 is 0. The Labute approximate surface area is 107 Å². The van der Waals surface area contributed by atoms with Gasteiger partial charge in [-0.2, -0.15) is 0 Å². The van der Waals surface area contributed by atoms with Crippen LogP contribution in [0.3, 0.4) is 0 Å². The fourth-order valence-corrected chi connectivity index (χ4v) is 2.20. The van der Waals surface area contributed by atoms with Gasteiger partial charge in [-0.1, -0.05) is 11.6 Å². The Bertz CT molecular complexity index is 481. The van der Waals surface area contributed by atoms with Gasteiger partial charge in [-0.05, 0) is 44.7 Å². The molecule has 18 heavy (non-hydrogen) atoms. The summed E-state index contributed by atoms with van der Waals surface area (Å²) in [6.45, 7) is 2.61. The van der Waals surface area contributed by atoms with Crippen LogP contribution in [0.15, 0.2) is 23.8 Å². The van der Waals surface area contributed by atoms with Crippen molar-refractivity contribution in [3.8, 4) is 0 Å². The van der Waals surface area contributed by atoms with E-state index in [-0.39, 0.29) is 5.56 Å². The molecular weight excluding hydrogens is 228 g/mol. The van der Waals surface area contributed by atoms with Crippen molar-refractivity contribution in [2.45, 2.75) is 32.6 Å². The summed E-state index contributed by atoms with van der Waals surface area (Å²) in [6, 6.07) is 3.16. The molecule has 0 aromatic carbocycles. The van der Waals surface area contributed by atoms with E-state index in [0.717, 1.165) is 18.7 Å². The molecule has 0 radical (unpaired) electrons. The fourth-order valence-electron chi connectivity index (χ4n) is 2.20. The number of nitrogens with one attached hydrogen (secondary N) is 1. The maximum Gasteiger partial charge on any atom is 0.335 e. The number of rotatable bonds is 5. The fraction of sp³-hybridized carbons (Fsp3) is 0.429. The maximum atomic E-state index is 10.9. The molecule has 0 atom stereocenters. The van der Waals surface area contributed by atoms with E-state index >= 15 is 0 Å². The normalized spacial score (nSPS) is 14.4. The highest BCUT2D eigenvalue weighted by Gasteiger charge is 2.07. The van der Waals surface area contributed by atoms with Crippen molar-refractivity contribution in [1.82, 2.24) is 4.98 Å². The first-order chi connectivity index (χ1) is 8.65. The van der Waals surface area contributed by atoms with Crippen LogP contribution in [0.4, 0.5) is 5.82 Å². The number of pyridine rings is 1. The summed E-state index contributed by atoms with van der Waals surface area (Å²) in [7, 11) is 0. The number of hydrogen-bond acceptors (Lipinski definition) is 3. The first-order valence-electron chi connectivity index (χ1n) is 6.29. The minimum atomic E-state index is -0.915. The Kier molecular flexibility index (Phi) is 3.97. The monoisotopic (exact) mass is 246 g/mol. The summed E-state index contributed by atoms with van der Waals surface area (Å²) in [5, 5.41) is 12.2. The molecule has 1 aliphatic rings. The van der Waals surface area contributed by atoms with Gasteiger partial charge in [-0.3, -0.25) is 0 Å². The summed E-state index contributed by atoms with van der Waals surface area (Å²) in [4.78, 5) is 15.2. The van der Waals surface area contributed by atoms with E-state index in [1.807, 2.05) is 0 Å². The molecule has 0 unspecified atom stereocenters. The second kappa shape index (κ2) is 5.67. The number of nitrogens with zero attached hydrogens (tertiary/aromatic N) is 1. The number of hydrogen-bond donors (Lipinski definition) is 2. The van der Waals surface area contributed by atoms with Crippen molar-refractivity contribution in [3.05, 3.63) is 35.0 Å². The van der Waals surface area contributed by atoms with Crippen LogP contribution in [0.5, 0.6) is 0 Å². The molecule has 1 heterocycles. The van der Waals surface area contributed by atoms with E-state index in [2.05, 4.69) is 16.4 Å². The SMILES string of the molecule is Cc1cc(C(=O)O)cc(NCCC2=CCCC2)n1. The third-order valence-corrected chi connectivity index (χ3v) is 3.09. The standard InChI is InChI=1S/C14H18N2O2/c1-10-8-12(14(17)18)9-13(16-10)15-7-6-11-4-2-3-5-11/h4,8-9H,2-3,5-7H2,1H3,(H,15,16)(H,17,18). The van der Waals surface area contributed by atoms with Crippen molar-refractivity contribution >= 4 is 11.8 Å². The number of anilines is 1. The predicted molar refractivity (Wildman–Crippen MR) is 71.0 cm³/mol. The molecule has 0 fully saturated rings. The lowest BCUT2D eigenvalue weighted by molar-refractivity contribution is 0.0696. The molecule has 4 heteroatoms. The van der Waals surface area contributed by atoms with Gasteiger partial charge >= 0.3 is 5.97 Å². The lowest BCUT2D eigenvalue weighted by Crippen LogP contribution is -2.07. The number of aromatic nitrogens is 1. The molecule has 1 aliphatic carbocycles. The van der Waals surface area contributed by atoms with E-state index in [4.69, 9.17) is 5.11 Å². The lowest BCUT2D eigenvalue weighted by atomic mass is 10.1. The first kappa shape index (κ1) is 12.6. The Balaban J connectivity index is 1.94. The van der Waals surface area contributed by atoms with Crippen molar-refractivity contribution in [1.29, 1.82) is 0 Å². The zero-order valence-electron chi connectivity index (χ0n) is 10.6. The largest absolute Gasteiger partial charge is 0.478 e. The highest BCUT2D eigenvalue weighted by Crippen LogP contribution is 2.20. The van der Waals surface area contributed by atoms with Crippen LogP contribution in [0, 0.1) is 6.92 Å². The molecule has 1 aromatic rings. The molecule has 4 nitrogen and oxygen atoms in total. The van der Waals surface area contributed by atoms with Gasteiger partial charge in [0.15, 0.2) is 0 Å². The summed E-state index contributed by atoms with van der Waals surface area (Å²) < 4.78 is 0. The lowest BCUT2D eigenvalue weighted by Gasteiger charge is -2.08. The number of allylic oxidation sites excluding steroid dienone is 1. The Hall–Kier alpha value is -1.84. The third kappa shape index (κ3) is 3.32. The molecule has 2 N–H and O–H groups in total. The average Bonchev–Trinajstić information content (AvgIpc) is 2.81. The molecule has 2 rings (SSSR count). The van der Waals surface area contributed by atoms with Gasteiger partial charge in [0.25, 0.3) is 0 Å². The molecule has 96 valence electrons. The van der Waals surface area contributed by atoms with Crippen LogP contribution in [-0.4, -0.2) is 22.6 Å². The number of carboxylic acid groups (broad SMARTS) is 1. The first-order valence-corrected chi connectivity index (χ1v) is 6.29. The van der Waals surface area contributed by atoms with E-state index < -0.39 is 5.97 Å². The topological polar surface area (TPSA) is 62.2 Å². The number of aromatic carboxylic acids is 1. The second-order valence-electron chi connectivity index (χ2n) is 4.62. The van der Waals surface area contributed by atoms with Crippen LogP contribution in [0.2, 0.25) is 0 Å². The van der Waals surface area contributed by atoms with Gasteiger partial charge < -0.3 is 10.4 Å². The van der Waals surface area contributed by atoms with Crippen molar-refractivity contribution in [2.24, 2.45) is 0 Å². The van der Waals surface area contributed by atoms with E-state index in [1.54, 1.807) is 19.1 Å². The van der Waals surface area contributed by atoms with Gasteiger partial charge in [0, 0.05) is 12.2 Å². The zero-order chi connectivity index (χ0) is 13.0. The molecule has 0 saturated carbocycles. The number of aryl methyl sites for hydroxylation is 1. The minimum Gasteiger partial charge on any atom is -0.478 e. The van der Waals surface area contributed by atoms with Crippen LogP contribution < -0.4 is 5.32 Å². The maximum absolute atomic E-state index is 10.9. The number of carbonyl (C=O) groups is 1. The zero-order valence-corrected chi connectivity index (χ0v) is 10.6. The van der Waals surface area contributed by atoms with E-state index in [9.17, 15) is 4.79 Å². The molecule has 0 spiro atoms. The van der Waals surface area contributed by atoms with Crippen molar-refractivity contribution in [2.75, 3.05) is 11.9 Å². The van der Waals surface area contributed by atoms with E-state index in [0.29, 0.717) is 5.82 Å². The Morgan fingerprint density at radius 2 is 2.33 bits per heavy atom. The summed E-state index contributed by atoms with van der Waals surface area (Å²) in [5.41, 5.74) is 2.50. The average molecular weight is 246 g/mol. The van der Waals surface area contributed by atoms with Crippen molar-refractivity contribution in [3.63, 3.8) is 0 Å². The van der Waals surface area contributed by atoms with E-state index in [1.165, 1.54) is 24.8 Å². The molecular formula is C14H18N2O2. The molecule has 0 bridgehead atoms. The van der Waals surface area contributed by atoms with Crippen LogP contribution in [-0.2, 0) is 0 Å².